The van der Waals surface area contributed by atoms with Crippen LogP contribution in [0.3, 0.4) is 0 Å². The number of halogens is 1. The standard InChI is InChI=1S/C30H39N3O4S.C30H37N3O3S.C26H35ClN2O3/c1-18-27(38-17-31-18)20-11-8-19(9-12-20)10-13-23(35)22-14-21(34)16-33(22)28(36)26(30(5,6)7)24-15-25(32-37-24)29(2,3)4;1-18(2)27(25-15-26(32-36-25)30(5,6)7)29(35)33-16-19(3)14-23(33)24(34)13-10-21-8-11-22(12-9-21)28-20(4)31-17-37-28;1-16(2)24(22-14-23(28-32-22)26(4,5)6)25(31)29-15-17(3)13-20(29)21(30)12-9-18-7-10-19(27)11-8-18/h8-9,11-12,15,17,21-22,26,34H,10,13-14,16H2,1-7H3;8-9,11-12,15,17-18,23,27H,3,10,13-14,16H2,1-2,4-7H3;7-8,10-11,14,16-17,20,24H,9,12-13,15H2,1-6H3. The minimum absolute atomic E-state index is 0.00131. The van der Waals surface area contributed by atoms with Crippen LogP contribution >= 0.6 is 34.3 Å². The molecule has 0 saturated carbocycles. The van der Waals surface area contributed by atoms with Gasteiger partial charge in [0.25, 0.3) is 0 Å². The Balaban J connectivity index is 0.000000186. The number of carbonyl (C=O) groups excluding carboxylic acids is 6. The number of ketones is 3. The Morgan fingerprint density at radius 1 is 0.533 bits per heavy atom. The van der Waals surface area contributed by atoms with Crippen molar-refractivity contribution in [3.8, 4) is 20.9 Å². The molecule has 21 heteroatoms. The van der Waals surface area contributed by atoms with Gasteiger partial charge in [0.1, 0.15) is 35.0 Å². The smallest absolute Gasteiger partial charge is 0.234 e. The predicted molar refractivity (Wildman–Crippen MR) is 424 cm³/mol. The molecule has 8 aromatic rings. The zero-order chi connectivity index (χ0) is 78.4. The monoisotopic (exact) mass is 1510 g/mol. The molecule has 3 fully saturated rings. The summed E-state index contributed by atoms with van der Waals surface area (Å²) >= 11 is 9.20. The lowest BCUT2D eigenvalue weighted by Crippen LogP contribution is -2.45. The van der Waals surface area contributed by atoms with Crippen molar-refractivity contribution in [2.24, 2.45) is 23.2 Å². The Kier molecular flexibility index (Phi) is 26.9. The van der Waals surface area contributed by atoms with Crippen LogP contribution < -0.4 is 0 Å². The van der Waals surface area contributed by atoms with Crippen molar-refractivity contribution in [1.82, 2.24) is 40.1 Å². The van der Waals surface area contributed by atoms with Gasteiger partial charge in [0.05, 0.1) is 73.5 Å². The van der Waals surface area contributed by atoms with Crippen molar-refractivity contribution < 1.29 is 47.4 Å². The molecular weight excluding hydrogens is 1400 g/mol. The molecule has 8 unspecified atom stereocenters. The molecule has 3 aliphatic rings. The van der Waals surface area contributed by atoms with E-state index in [1.54, 1.807) is 37.4 Å². The summed E-state index contributed by atoms with van der Waals surface area (Å²) in [5, 5.41) is 23.8. The predicted octanol–water partition coefficient (Wildman–Crippen LogP) is 18.0. The Morgan fingerprint density at radius 3 is 1.29 bits per heavy atom. The van der Waals surface area contributed by atoms with Crippen LogP contribution in [0.4, 0.5) is 0 Å². The van der Waals surface area contributed by atoms with Gasteiger partial charge in [0.2, 0.25) is 17.7 Å². The molecule has 574 valence electrons. The lowest BCUT2D eigenvalue weighted by Gasteiger charge is -2.33. The number of aromatic nitrogens is 5. The Morgan fingerprint density at radius 2 is 0.907 bits per heavy atom. The van der Waals surface area contributed by atoms with E-state index in [0.717, 1.165) is 66.7 Å². The molecule has 18 nitrogen and oxygen atoms in total. The molecule has 0 radical (unpaired) electrons. The van der Waals surface area contributed by atoms with Crippen LogP contribution in [0.1, 0.15) is 236 Å². The number of hydrogen-bond donors (Lipinski definition) is 1. The van der Waals surface area contributed by atoms with Crippen LogP contribution in [-0.2, 0) is 64.3 Å². The lowest BCUT2D eigenvalue weighted by atomic mass is 9.77. The third-order valence-electron chi connectivity index (χ3n) is 20.6. The van der Waals surface area contributed by atoms with Crippen LogP contribution in [-0.4, -0.2) is 124 Å². The van der Waals surface area contributed by atoms with Crippen molar-refractivity contribution in [1.29, 1.82) is 0 Å². The van der Waals surface area contributed by atoms with Crippen molar-refractivity contribution in [2.45, 2.75) is 248 Å². The van der Waals surface area contributed by atoms with E-state index in [9.17, 15) is 33.9 Å². The molecule has 3 aromatic carbocycles. The minimum Gasteiger partial charge on any atom is -0.391 e. The number of Topliss-reactive ketones (excluding diaryl/α,β-unsaturated/α-hetero) is 3. The molecule has 8 heterocycles. The summed E-state index contributed by atoms with van der Waals surface area (Å²) in [6.07, 6.45) is 3.71. The molecule has 0 spiro atoms. The highest BCUT2D eigenvalue weighted by Crippen LogP contribution is 2.42. The van der Waals surface area contributed by atoms with E-state index in [0.29, 0.717) is 86.8 Å². The summed E-state index contributed by atoms with van der Waals surface area (Å²) in [5.74, 6) is 0.238. The van der Waals surface area contributed by atoms with Crippen molar-refractivity contribution in [3.63, 3.8) is 0 Å². The highest BCUT2D eigenvalue weighted by Gasteiger charge is 2.47. The van der Waals surface area contributed by atoms with Gasteiger partial charge in [-0.1, -0.05) is 218 Å². The summed E-state index contributed by atoms with van der Waals surface area (Å²) < 4.78 is 17.0. The van der Waals surface area contributed by atoms with Crippen molar-refractivity contribution in [2.75, 3.05) is 19.6 Å². The first-order valence-electron chi connectivity index (χ1n) is 37.7. The van der Waals surface area contributed by atoms with Gasteiger partial charge in [-0.3, -0.25) is 28.8 Å². The quantitative estimate of drug-likeness (QED) is 0.0621. The number of benzene rings is 3. The topological polar surface area (TPSA) is 236 Å². The van der Waals surface area contributed by atoms with E-state index >= 15 is 0 Å². The summed E-state index contributed by atoms with van der Waals surface area (Å²) in [5.41, 5.74) is 13.5. The number of carbonyl (C=O) groups is 6. The normalized spacial score (nSPS) is 18.7. The fraction of sp³-hybridized carbons (Fsp3) is 0.523. The summed E-state index contributed by atoms with van der Waals surface area (Å²) in [6.45, 7) is 43.9. The number of likely N-dealkylation sites (tertiary alicyclic amines) is 3. The highest BCUT2D eigenvalue weighted by atomic mass is 35.5. The zero-order valence-electron chi connectivity index (χ0n) is 66.2. The second-order valence-electron chi connectivity index (χ2n) is 34.5. The minimum atomic E-state index is -0.727. The number of nitrogens with zero attached hydrogens (tertiary/aromatic N) is 8. The van der Waals surface area contributed by atoms with Crippen LogP contribution in [0.25, 0.3) is 20.9 Å². The van der Waals surface area contributed by atoms with Gasteiger partial charge in [0.15, 0.2) is 17.3 Å². The number of thiazole rings is 2. The molecule has 3 saturated heterocycles. The maximum Gasteiger partial charge on any atom is 0.234 e. The first kappa shape index (κ1) is 83.0. The maximum atomic E-state index is 13.9. The Labute approximate surface area is 645 Å². The highest BCUT2D eigenvalue weighted by molar-refractivity contribution is 7.13. The molecule has 5 aromatic heterocycles. The maximum absolute atomic E-state index is 13.9. The molecule has 107 heavy (non-hydrogen) atoms. The Hall–Kier alpha value is -8.04. The van der Waals surface area contributed by atoms with Crippen LogP contribution in [0.5, 0.6) is 0 Å². The lowest BCUT2D eigenvalue weighted by molar-refractivity contribution is -0.141. The van der Waals surface area contributed by atoms with Gasteiger partial charge in [-0.25, -0.2) is 9.97 Å². The van der Waals surface area contributed by atoms with Gasteiger partial charge in [-0.15, -0.1) is 22.7 Å². The molecule has 0 bridgehead atoms. The number of aryl methyl sites for hydroxylation is 5. The van der Waals surface area contributed by atoms with Gasteiger partial charge < -0.3 is 33.4 Å². The molecule has 0 aliphatic carbocycles. The molecule has 1 N–H and O–H groups in total. The largest absolute Gasteiger partial charge is 0.391 e. The number of aliphatic hydroxyl groups is 1. The first-order valence-corrected chi connectivity index (χ1v) is 39.8. The number of amides is 3. The van der Waals surface area contributed by atoms with E-state index in [1.165, 1.54) is 4.88 Å². The van der Waals surface area contributed by atoms with E-state index < -0.39 is 41.4 Å². The first-order chi connectivity index (χ1) is 50.2. The number of β-amino-alcohol motifs (C(OH)–C–C–N with tert-alkyl or cyclic N) is 1. The third-order valence-corrected chi connectivity index (χ3v) is 22.8. The second kappa shape index (κ2) is 34.7. The molecule has 8 atom stereocenters. The summed E-state index contributed by atoms with van der Waals surface area (Å²) in [7, 11) is 0. The molecule has 3 aliphatic heterocycles. The van der Waals surface area contributed by atoms with Gasteiger partial charge in [0, 0.05) is 84.8 Å². The van der Waals surface area contributed by atoms with E-state index in [2.05, 4.69) is 117 Å². The molecule has 3 amide bonds. The zero-order valence-corrected chi connectivity index (χ0v) is 68.6. The van der Waals surface area contributed by atoms with Gasteiger partial charge in [-0.2, -0.15) is 0 Å². The van der Waals surface area contributed by atoms with Gasteiger partial charge in [-0.05, 0) is 109 Å². The Bertz CT molecular complexity index is 4380. The third kappa shape index (κ3) is 20.9. The van der Waals surface area contributed by atoms with Crippen LogP contribution in [0.15, 0.2) is 128 Å². The SMILES string of the molecule is C=C1CC(C(=O)CCc2ccc(-c3scnc3C)cc2)N(C(=O)C(c2cc(C(C)(C)C)no2)C(C)C)C1.CC1CC(C(=O)CCc2ccc(Cl)cc2)N(C(=O)C(c2cc(C(C)(C)C)no2)C(C)C)C1.Cc1ncsc1-c1ccc(CCC(=O)C2CC(O)CN2C(=O)C(c2cc(C(C)(C)C)no2)C(C)(C)C)cc1. The summed E-state index contributed by atoms with van der Waals surface area (Å²) in [6, 6.07) is 28.2. The molecule has 11 rings (SSSR count). The number of aliphatic hydroxyl groups excluding tert-OH is 1. The number of rotatable bonds is 22. The fourth-order valence-electron chi connectivity index (χ4n) is 14.3. The number of hydrogen-bond acceptors (Lipinski definition) is 17. The van der Waals surface area contributed by atoms with Crippen molar-refractivity contribution in [3.05, 3.63) is 182 Å². The van der Waals surface area contributed by atoms with Crippen molar-refractivity contribution >= 4 is 69.3 Å². The fourth-order valence-corrected chi connectivity index (χ4v) is 16.1. The van der Waals surface area contributed by atoms with Crippen LogP contribution in [0, 0.1) is 37.0 Å². The van der Waals surface area contributed by atoms with Gasteiger partial charge >= 0.3 is 0 Å². The molecular formula is C86H111ClN8O10S2. The van der Waals surface area contributed by atoms with Crippen LogP contribution in [0.2, 0.25) is 5.02 Å². The van der Waals surface area contributed by atoms with E-state index in [-0.39, 0.29) is 88.1 Å². The van der Waals surface area contributed by atoms with E-state index in [1.807, 2.05) is 149 Å². The second-order valence-corrected chi connectivity index (χ2v) is 36.6. The van der Waals surface area contributed by atoms with E-state index in [4.69, 9.17) is 25.2 Å². The average molecular weight is 1520 g/mol. The average Bonchev–Trinajstić information content (AvgIpc) is 1.67. The summed E-state index contributed by atoms with van der Waals surface area (Å²) in [4.78, 5) is 97.3.